The van der Waals surface area contributed by atoms with E-state index < -0.39 is 0 Å². The number of aryl methyl sites for hydroxylation is 1. The first-order chi connectivity index (χ1) is 8.95. The summed E-state index contributed by atoms with van der Waals surface area (Å²) < 4.78 is 0. The topological polar surface area (TPSA) is 24.7 Å². The average Bonchev–Trinajstić information content (AvgIpc) is 2.83. The van der Waals surface area contributed by atoms with E-state index in [1.54, 1.807) is 0 Å². The molecule has 0 fully saturated rings. The van der Waals surface area contributed by atoms with Crippen molar-refractivity contribution in [2.45, 2.75) is 34.1 Å². The number of aliphatic imine (C=N–C) groups is 2. The van der Waals surface area contributed by atoms with Crippen molar-refractivity contribution in [1.82, 2.24) is 0 Å². The summed E-state index contributed by atoms with van der Waals surface area (Å²) in [5.74, 6) is 1.12. The molecule has 0 saturated heterocycles. The highest BCUT2D eigenvalue weighted by Crippen LogP contribution is 2.26. The van der Waals surface area contributed by atoms with Crippen LogP contribution >= 0.6 is 11.8 Å². The third-order valence-electron chi connectivity index (χ3n) is 3.13. The molecule has 102 valence electrons. The van der Waals surface area contributed by atoms with Crippen LogP contribution < -0.4 is 0 Å². The van der Waals surface area contributed by atoms with E-state index in [0.717, 1.165) is 24.4 Å². The summed E-state index contributed by atoms with van der Waals surface area (Å²) in [4.78, 5) is 9.40. The first-order valence-corrected chi connectivity index (χ1v) is 7.74. The van der Waals surface area contributed by atoms with E-state index in [1.165, 1.54) is 16.3 Å². The molecule has 0 bridgehead atoms. The predicted octanol–water partition coefficient (Wildman–Crippen LogP) is 4.65. The highest BCUT2D eigenvalue weighted by Gasteiger charge is 2.22. The lowest BCUT2D eigenvalue weighted by Crippen LogP contribution is -2.22. The number of benzene rings is 1. The zero-order chi connectivity index (χ0) is 13.9. The van der Waals surface area contributed by atoms with Crippen LogP contribution in [0.5, 0.6) is 0 Å². The Hall–Kier alpha value is -1.09. The predicted molar refractivity (Wildman–Crippen MR) is 87.1 cm³/mol. The molecule has 1 aliphatic heterocycles. The largest absolute Gasteiger partial charge is 0.282 e. The number of thioether (sulfide) groups is 1. The van der Waals surface area contributed by atoms with Crippen molar-refractivity contribution >= 4 is 28.2 Å². The van der Waals surface area contributed by atoms with E-state index in [2.05, 4.69) is 57.0 Å². The number of hydrogen-bond acceptors (Lipinski definition) is 3. The van der Waals surface area contributed by atoms with E-state index in [9.17, 15) is 0 Å². The Morgan fingerprint density at radius 2 is 1.95 bits per heavy atom. The van der Waals surface area contributed by atoms with Gasteiger partial charge in [-0.2, -0.15) is 0 Å². The fourth-order valence-corrected chi connectivity index (χ4v) is 2.72. The van der Waals surface area contributed by atoms with E-state index in [0.29, 0.717) is 0 Å². The highest BCUT2D eigenvalue weighted by molar-refractivity contribution is 8.14. The molecule has 2 nitrogen and oxygen atoms in total. The molecule has 3 heteroatoms. The molecule has 0 spiro atoms. The smallest absolute Gasteiger partial charge is 0.0733 e. The van der Waals surface area contributed by atoms with Gasteiger partial charge < -0.3 is 0 Å². The zero-order valence-electron chi connectivity index (χ0n) is 12.2. The fourth-order valence-electron chi connectivity index (χ4n) is 1.88. The summed E-state index contributed by atoms with van der Waals surface area (Å²) in [5, 5.41) is 1.24. The molecule has 0 radical (unpaired) electrons. The summed E-state index contributed by atoms with van der Waals surface area (Å²) in [7, 11) is 0. The Labute approximate surface area is 120 Å². The Bertz CT molecular complexity index is 492. The minimum Gasteiger partial charge on any atom is -0.282 e. The molecule has 1 aromatic rings. The minimum absolute atomic E-state index is 0.0799. The van der Waals surface area contributed by atoms with Gasteiger partial charge in [0.2, 0.25) is 0 Å². The number of rotatable bonds is 3. The molecule has 1 heterocycles. The van der Waals surface area contributed by atoms with Crippen molar-refractivity contribution < 1.29 is 0 Å². The molecular formula is C16H22N2S. The van der Waals surface area contributed by atoms with Crippen LogP contribution in [-0.2, 0) is 0 Å². The van der Waals surface area contributed by atoms with E-state index in [-0.39, 0.29) is 5.41 Å². The van der Waals surface area contributed by atoms with E-state index in [4.69, 9.17) is 4.99 Å². The fraction of sp³-hybridized carbons (Fsp3) is 0.500. The Morgan fingerprint density at radius 3 is 2.47 bits per heavy atom. The van der Waals surface area contributed by atoms with Gasteiger partial charge in [0.1, 0.15) is 0 Å². The lowest BCUT2D eigenvalue weighted by atomic mass is 9.88. The molecule has 19 heavy (non-hydrogen) atoms. The van der Waals surface area contributed by atoms with Crippen LogP contribution in [0.25, 0.3) is 0 Å². The lowest BCUT2D eigenvalue weighted by molar-refractivity contribution is 0.585. The van der Waals surface area contributed by atoms with Gasteiger partial charge >= 0.3 is 0 Å². The van der Waals surface area contributed by atoms with Gasteiger partial charge in [0.25, 0.3) is 0 Å². The van der Waals surface area contributed by atoms with Crippen molar-refractivity contribution in [3.63, 3.8) is 0 Å². The quantitative estimate of drug-likeness (QED) is 0.736. The number of hydrogen-bond donors (Lipinski definition) is 0. The van der Waals surface area contributed by atoms with E-state index >= 15 is 0 Å². The Kier molecular flexibility index (Phi) is 4.46. The van der Waals surface area contributed by atoms with Crippen LogP contribution in [0.4, 0.5) is 5.69 Å². The van der Waals surface area contributed by atoms with Gasteiger partial charge in [0.15, 0.2) is 0 Å². The second-order valence-electron chi connectivity index (χ2n) is 5.94. The van der Waals surface area contributed by atoms with Crippen molar-refractivity contribution in [3.8, 4) is 0 Å². The van der Waals surface area contributed by atoms with Gasteiger partial charge in [-0.3, -0.25) is 9.98 Å². The van der Waals surface area contributed by atoms with Crippen molar-refractivity contribution in [2.24, 2.45) is 15.4 Å². The zero-order valence-corrected chi connectivity index (χ0v) is 13.0. The van der Waals surface area contributed by atoms with Gasteiger partial charge in [0, 0.05) is 29.8 Å². The third-order valence-corrected chi connectivity index (χ3v) is 4.12. The molecule has 0 aromatic heterocycles. The van der Waals surface area contributed by atoms with Crippen LogP contribution in [0.2, 0.25) is 0 Å². The second-order valence-corrected chi connectivity index (χ2v) is 7.11. The van der Waals surface area contributed by atoms with Crippen LogP contribution in [0.1, 0.15) is 32.8 Å². The molecule has 0 aliphatic carbocycles. The molecule has 0 atom stereocenters. The maximum atomic E-state index is 4.86. The molecule has 2 rings (SSSR count). The first-order valence-electron chi connectivity index (χ1n) is 6.76. The van der Waals surface area contributed by atoms with Crippen molar-refractivity contribution in [1.29, 1.82) is 0 Å². The summed E-state index contributed by atoms with van der Waals surface area (Å²) in [6.45, 7) is 9.73. The molecule has 0 saturated carbocycles. The maximum absolute atomic E-state index is 4.86. The molecule has 0 amide bonds. The van der Waals surface area contributed by atoms with Gasteiger partial charge in [-0.05, 0) is 19.1 Å². The van der Waals surface area contributed by atoms with Gasteiger partial charge in [-0.15, -0.1) is 11.8 Å². The van der Waals surface area contributed by atoms with Gasteiger partial charge in [0.05, 0.1) is 10.7 Å². The monoisotopic (exact) mass is 274 g/mol. The van der Waals surface area contributed by atoms with E-state index in [1.807, 2.05) is 11.8 Å². The SMILES string of the molecule is Cc1ccc(N=C(CC2=NCCS2)C(C)(C)C)cc1. The van der Waals surface area contributed by atoms with Crippen LogP contribution in [-0.4, -0.2) is 23.1 Å². The summed E-state index contributed by atoms with van der Waals surface area (Å²) in [5.41, 5.74) is 3.60. The second kappa shape index (κ2) is 5.91. The molecular weight excluding hydrogens is 252 g/mol. The minimum atomic E-state index is 0.0799. The summed E-state index contributed by atoms with van der Waals surface area (Å²) >= 11 is 1.87. The van der Waals surface area contributed by atoms with Crippen molar-refractivity contribution in [2.75, 3.05) is 12.3 Å². The normalized spacial score (nSPS) is 16.6. The maximum Gasteiger partial charge on any atom is 0.0733 e. The summed E-state index contributed by atoms with van der Waals surface area (Å²) in [6.07, 6.45) is 0.891. The highest BCUT2D eigenvalue weighted by atomic mass is 32.2. The van der Waals surface area contributed by atoms with Crippen LogP contribution in [0.3, 0.4) is 0 Å². The molecule has 0 N–H and O–H groups in total. The standard InChI is InChI=1S/C16H22N2S/c1-12-5-7-13(8-6-12)18-14(16(2,3)4)11-15-17-9-10-19-15/h5-8H,9-11H2,1-4H3. The number of nitrogens with zero attached hydrogens (tertiary/aromatic N) is 2. The molecule has 1 aliphatic rings. The van der Waals surface area contributed by atoms with Gasteiger partial charge in [-0.1, -0.05) is 38.5 Å². The molecule has 0 unspecified atom stereocenters. The Balaban J connectivity index is 2.24. The van der Waals surface area contributed by atoms with Crippen LogP contribution in [0, 0.1) is 12.3 Å². The first kappa shape index (κ1) is 14.3. The Morgan fingerprint density at radius 1 is 1.26 bits per heavy atom. The van der Waals surface area contributed by atoms with Crippen molar-refractivity contribution in [3.05, 3.63) is 29.8 Å². The summed E-state index contributed by atoms with van der Waals surface area (Å²) in [6, 6.07) is 8.40. The average molecular weight is 274 g/mol. The van der Waals surface area contributed by atoms with Gasteiger partial charge in [-0.25, -0.2) is 0 Å². The van der Waals surface area contributed by atoms with Crippen LogP contribution in [0.15, 0.2) is 34.3 Å². The molecule has 1 aromatic carbocycles. The third kappa shape index (κ3) is 4.20. The lowest BCUT2D eigenvalue weighted by Gasteiger charge is -2.21.